The molecule has 0 aliphatic carbocycles. The summed E-state index contributed by atoms with van der Waals surface area (Å²) in [5, 5.41) is -0.571. The van der Waals surface area contributed by atoms with Crippen LogP contribution in [0, 0.1) is 5.82 Å². The van der Waals surface area contributed by atoms with Crippen molar-refractivity contribution in [3.63, 3.8) is 0 Å². The van der Waals surface area contributed by atoms with E-state index in [9.17, 15) is 12.8 Å². The molecule has 1 aliphatic heterocycles. The second-order valence-corrected chi connectivity index (χ2v) is 6.82. The van der Waals surface area contributed by atoms with Gasteiger partial charge < -0.3 is 5.73 Å². The Morgan fingerprint density at radius 2 is 2.12 bits per heavy atom. The molecule has 0 spiro atoms. The summed E-state index contributed by atoms with van der Waals surface area (Å²) in [6, 6.07) is 5.24. The van der Waals surface area contributed by atoms with E-state index in [1.165, 1.54) is 12.1 Å². The van der Waals surface area contributed by atoms with Crippen LogP contribution in [0.1, 0.15) is 30.9 Å². The summed E-state index contributed by atoms with van der Waals surface area (Å²) in [6.45, 7) is 0. The third-order valence-electron chi connectivity index (χ3n) is 3.26. The minimum atomic E-state index is -3.13. The maximum atomic E-state index is 13.1. The van der Waals surface area contributed by atoms with Crippen LogP contribution in [0.2, 0.25) is 0 Å². The Hall–Kier alpha value is -0.940. The predicted octanol–water partition coefficient (Wildman–Crippen LogP) is 1.79. The number of nitrogens with two attached hydrogens (primary N) is 1. The van der Waals surface area contributed by atoms with Crippen LogP contribution in [0.4, 0.5) is 4.39 Å². The lowest BCUT2D eigenvalue weighted by atomic mass is 10.0. The molecule has 1 aliphatic rings. The fourth-order valence-electron chi connectivity index (χ4n) is 2.31. The third kappa shape index (κ3) is 2.66. The zero-order chi connectivity index (χ0) is 12.5. The minimum Gasteiger partial charge on any atom is -0.323 e. The maximum Gasteiger partial charge on any atom is 0.155 e. The Labute approximate surface area is 101 Å². The van der Waals surface area contributed by atoms with E-state index >= 15 is 0 Å². The lowest BCUT2D eigenvalue weighted by Gasteiger charge is -2.27. The monoisotopic (exact) mass is 257 g/mol. The molecule has 2 rings (SSSR count). The Balaban J connectivity index is 2.28. The van der Waals surface area contributed by atoms with Gasteiger partial charge in [-0.25, -0.2) is 12.8 Å². The smallest absolute Gasteiger partial charge is 0.155 e. The molecule has 5 heteroatoms. The molecule has 1 saturated heterocycles. The molecular weight excluding hydrogens is 241 g/mol. The van der Waals surface area contributed by atoms with E-state index in [2.05, 4.69) is 0 Å². The summed E-state index contributed by atoms with van der Waals surface area (Å²) < 4.78 is 36.9. The van der Waals surface area contributed by atoms with Gasteiger partial charge in [0.05, 0.1) is 11.0 Å². The number of sulfone groups is 1. The highest BCUT2D eigenvalue weighted by molar-refractivity contribution is 7.92. The van der Waals surface area contributed by atoms with Crippen LogP contribution in [0.3, 0.4) is 0 Å². The van der Waals surface area contributed by atoms with Crippen molar-refractivity contribution >= 4 is 9.84 Å². The zero-order valence-corrected chi connectivity index (χ0v) is 10.3. The Morgan fingerprint density at radius 3 is 2.76 bits per heavy atom. The van der Waals surface area contributed by atoms with Crippen LogP contribution in [0.15, 0.2) is 24.3 Å². The van der Waals surface area contributed by atoms with E-state index in [1.54, 1.807) is 12.1 Å². The highest BCUT2D eigenvalue weighted by Crippen LogP contribution is 2.29. The lowest BCUT2D eigenvalue weighted by Crippen LogP contribution is -2.37. The first-order valence-electron chi connectivity index (χ1n) is 5.73. The molecule has 0 saturated carbocycles. The Bertz CT molecular complexity index is 501. The Kier molecular flexibility index (Phi) is 3.49. The number of rotatable bonds is 2. The van der Waals surface area contributed by atoms with Crippen molar-refractivity contribution in [1.29, 1.82) is 0 Å². The summed E-state index contributed by atoms with van der Waals surface area (Å²) in [6.07, 6.45) is 2.14. The van der Waals surface area contributed by atoms with Crippen molar-refractivity contribution in [2.45, 2.75) is 30.6 Å². The van der Waals surface area contributed by atoms with Gasteiger partial charge in [0.15, 0.2) is 9.84 Å². The molecule has 1 aromatic rings. The average Bonchev–Trinajstić information content (AvgIpc) is 2.27. The van der Waals surface area contributed by atoms with E-state index in [0.717, 1.165) is 6.42 Å². The molecule has 2 N–H and O–H groups in total. The summed E-state index contributed by atoms with van der Waals surface area (Å²) in [5.74, 6) is -0.188. The summed E-state index contributed by atoms with van der Waals surface area (Å²) in [4.78, 5) is 0. The molecule has 1 heterocycles. The van der Waals surface area contributed by atoms with Crippen molar-refractivity contribution in [2.24, 2.45) is 5.73 Å². The molecule has 94 valence electrons. The molecule has 0 amide bonds. The van der Waals surface area contributed by atoms with Crippen molar-refractivity contribution in [3.8, 4) is 0 Å². The van der Waals surface area contributed by atoms with E-state index in [0.29, 0.717) is 18.4 Å². The van der Waals surface area contributed by atoms with Crippen LogP contribution in [-0.2, 0) is 9.84 Å². The van der Waals surface area contributed by atoms with Gasteiger partial charge in [0.1, 0.15) is 5.82 Å². The number of benzene rings is 1. The van der Waals surface area contributed by atoms with Crippen LogP contribution in [-0.4, -0.2) is 19.4 Å². The zero-order valence-electron chi connectivity index (χ0n) is 9.47. The van der Waals surface area contributed by atoms with E-state index in [4.69, 9.17) is 5.73 Å². The fraction of sp³-hybridized carbons (Fsp3) is 0.500. The maximum absolute atomic E-state index is 13.1. The van der Waals surface area contributed by atoms with Crippen LogP contribution in [0.25, 0.3) is 0 Å². The van der Waals surface area contributed by atoms with Crippen LogP contribution >= 0.6 is 0 Å². The minimum absolute atomic E-state index is 0.195. The van der Waals surface area contributed by atoms with Crippen LogP contribution in [0.5, 0.6) is 0 Å². The highest BCUT2D eigenvalue weighted by atomic mass is 32.2. The molecule has 2 unspecified atom stereocenters. The number of halogens is 1. The molecule has 17 heavy (non-hydrogen) atoms. The molecule has 1 fully saturated rings. The van der Waals surface area contributed by atoms with E-state index in [-0.39, 0.29) is 11.6 Å². The summed E-state index contributed by atoms with van der Waals surface area (Å²) >= 11 is 0. The van der Waals surface area contributed by atoms with Gasteiger partial charge in [0.2, 0.25) is 0 Å². The second kappa shape index (κ2) is 4.74. The van der Waals surface area contributed by atoms with Gasteiger partial charge in [-0.3, -0.25) is 0 Å². The molecule has 0 bridgehead atoms. The van der Waals surface area contributed by atoms with E-state index < -0.39 is 21.1 Å². The van der Waals surface area contributed by atoms with Gasteiger partial charge in [0, 0.05) is 6.04 Å². The molecule has 2 atom stereocenters. The summed E-state index contributed by atoms with van der Waals surface area (Å²) in [5.41, 5.74) is 6.52. The molecular formula is C12H16FNO2S. The normalized spacial score (nSPS) is 25.4. The largest absolute Gasteiger partial charge is 0.323 e. The van der Waals surface area contributed by atoms with Crippen molar-refractivity contribution < 1.29 is 12.8 Å². The topological polar surface area (TPSA) is 60.2 Å². The van der Waals surface area contributed by atoms with Crippen LogP contribution < -0.4 is 5.73 Å². The first-order valence-corrected chi connectivity index (χ1v) is 7.45. The van der Waals surface area contributed by atoms with Gasteiger partial charge in [-0.15, -0.1) is 0 Å². The van der Waals surface area contributed by atoms with Gasteiger partial charge in [-0.05, 0) is 30.5 Å². The lowest BCUT2D eigenvalue weighted by molar-refractivity contribution is 0.503. The first kappa shape index (κ1) is 12.5. The average molecular weight is 257 g/mol. The van der Waals surface area contributed by atoms with Crippen molar-refractivity contribution in [3.05, 3.63) is 35.6 Å². The predicted molar refractivity (Wildman–Crippen MR) is 64.8 cm³/mol. The van der Waals surface area contributed by atoms with Gasteiger partial charge >= 0.3 is 0 Å². The summed E-state index contributed by atoms with van der Waals surface area (Å²) in [7, 11) is -3.13. The van der Waals surface area contributed by atoms with Gasteiger partial charge in [0.25, 0.3) is 0 Å². The van der Waals surface area contributed by atoms with Gasteiger partial charge in [-0.1, -0.05) is 18.6 Å². The quantitative estimate of drug-likeness (QED) is 0.878. The van der Waals surface area contributed by atoms with E-state index in [1.807, 2.05) is 0 Å². The highest BCUT2D eigenvalue weighted by Gasteiger charge is 2.34. The number of hydrogen-bond donors (Lipinski definition) is 1. The fourth-order valence-corrected chi connectivity index (χ4v) is 4.35. The third-order valence-corrected chi connectivity index (χ3v) is 5.57. The molecule has 0 aromatic heterocycles. The molecule has 3 nitrogen and oxygen atoms in total. The van der Waals surface area contributed by atoms with Gasteiger partial charge in [-0.2, -0.15) is 0 Å². The Morgan fingerprint density at radius 1 is 1.35 bits per heavy atom. The molecule has 0 radical (unpaired) electrons. The SMILES string of the molecule is NC(c1cccc(F)c1)C1CCCCS1(=O)=O. The number of hydrogen-bond acceptors (Lipinski definition) is 3. The standard InChI is InChI=1S/C12H16FNO2S/c13-10-5-3-4-9(8-10)12(14)11-6-1-2-7-17(11,15)16/h3-5,8,11-12H,1-2,6-7,14H2. The van der Waals surface area contributed by atoms with Crippen molar-refractivity contribution in [1.82, 2.24) is 0 Å². The first-order chi connectivity index (χ1) is 8.00. The second-order valence-electron chi connectivity index (χ2n) is 4.48. The molecule has 1 aromatic carbocycles. The van der Waals surface area contributed by atoms with Crippen molar-refractivity contribution in [2.75, 3.05) is 5.75 Å².